The largest absolute Gasteiger partial charge is 0.344 e. The van der Waals surface area contributed by atoms with Gasteiger partial charge in [-0.05, 0) is 75.6 Å². The summed E-state index contributed by atoms with van der Waals surface area (Å²) in [4.78, 5) is 8.67. The molecule has 1 aliphatic rings. The summed E-state index contributed by atoms with van der Waals surface area (Å²) in [6, 6.07) is 8.75. The topological polar surface area (TPSA) is 21.8 Å². The maximum absolute atomic E-state index is 5.87. The Hall–Kier alpha value is -1.47. The second-order valence-corrected chi connectivity index (χ2v) is 9.62. The molecular formula is C23H34N4S2. The van der Waals surface area contributed by atoms with Crippen molar-refractivity contribution in [3.63, 3.8) is 0 Å². The van der Waals surface area contributed by atoms with Crippen LogP contribution in [0.25, 0.3) is 0 Å². The Kier molecular flexibility index (Phi) is 8.07. The van der Waals surface area contributed by atoms with Gasteiger partial charge in [-0.25, -0.2) is 0 Å². The van der Waals surface area contributed by atoms with Gasteiger partial charge in [-0.15, -0.1) is 11.3 Å². The number of hydrogen-bond donors (Lipinski definition) is 1. The minimum Gasteiger partial charge on any atom is -0.344 e. The van der Waals surface area contributed by atoms with Crippen LogP contribution in [0.4, 0.5) is 5.69 Å². The maximum atomic E-state index is 5.87. The molecule has 0 saturated carbocycles. The van der Waals surface area contributed by atoms with Crippen molar-refractivity contribution in [3.8, 4) is 0 Å². The van der Waals surface area contributed by atoms with E-state index in [9.17, 15) is 0 Å². The molecule has 1 aliphatic heterocycles. The Morgan fingerprint density at radius 2 is 1.83 bits per heavy atom. The second kappa shape index (κ2) is 10.5. The summed E-state index contributed by atoms with van der Waals surface area (Å²) in [5, 5.41) is 6.52. The molecule has 2 aromatic rings. The van der Waals surface area contributed by atoms with Gasteiger partial charge in [0.25, 0.3) is 0 Å². The van der Waals surface area contributed by atoms with E-state index in [2.05, 4.69) is 77.5 Å². The van der Waals surface area contributed by atoms with Crippen molar-refractivity contribution < 1.29 is 0 Å². The zero-order valence-corrected chi connectivity index (χ0v) is 19.8. The van der Waals surface area contributed by atoms with E-state index in [-0.39, 0.29) is 0 Å². The summed E-state index contributed by atoms with van der Waals surface area (Å²) in [5.74, 6) is 0. The number of aryl methyl sites for hydroxylation is 3. The van der Waals surface area contributed by atoms with Crippen molar-refractivity contribution in [3.05, 3.63) is 51.2 Å². The zero-order chi connectivity index (χ0) is 20.8. The quantitative estimate of drug-likeness (QED) is 0.651. The van der Waals surface area contributed by atoms with Gasteiger partial charge >= 0.3 is 0 Å². The molecule has 0 atom stereocenters. The smallest absolute Gasteiger partial charge is 0.173 e. The molecule has 0 spiro atoms. The predicted octanol–water partition coefficient (Wildman–Crippen LogP) is 4.51. The van der Waals surface area contributed by atoms with Crippen LogP contribution in [0.2, 0.25) is 0 Å². The highest BCUT2D eigenvalue weighted by Gasteiger charge is 2.16. The molecular weight excluding hydrogens is 396 g/mol. The lowest BCUT2D eigenvalue weighted by Crippen LogP contribution is -2.45. The average molecular weight is 431 g/mol. The number of nitrogens with one attached hydrogen (secondary N) is 1. The normalized spacial score (nSPS) is 15.4. The van der Waals surface area contributed by atoms with Crippen LogP contribution in [0, 0.1) is 20.8 Å². The SMILES string of the molecule is Cc1cc(C)c(NC(=S)N(CCCN2CCN(C)CC2)Cc2cccs2)c(C)c1. The van der Waals surface area contributed by atoms with E-state index in [1.807, 2.05) is 0 Å². The van der Waals surface area contributed by atoms with Gasteiger partial charge in [0.2, 0.25) is 0 Å². The van der Waals surface area contributed by atoms with Gasteiger partial charge in [-0.2, -0.15) is 0 Å². The zero-order valence-electron chi connectivity index (χ0n) is 18.2. The third-order valence-corrected chi connectivity index (χ3v) is 6.84. The van der Waals surface area contributed by atoms with Crippen LogP contribution in [0.5, 0.6) is 0 Å². The van der Waals surface area contributed by atoms with Gasteiger partial charge in [-0.1, -0.05) is 23.8 Å². The molecule has 1 fully saturated rings. The van der Waals surface area contributed by atoms with Crippen LogP contribution in [-0.2, 0) is 6.54 Å². The van der Waals surface area contributed by atoms with Crippen LogP contribution >= 0.6 is 23.6 Å². The molecule has 1 N–H and O–H groups in total. The fourth-order valence-electron chi connectivity index (χ4n) is 3.96. The number of hydrogen-bond acceptors (Lipinski definition) is 4. The highest BCUT2D eigenvalue weighted by atomic mass is 32.1. The summed E-state index contributed by atoms with van der Waals surface area (Å²) in [7, 11) is 2.21. The molecule has 0 aliphatic carbocycles. The maximum Gasteiger partial charge on any atom is 0.173 e. The number of anilines is 1. The van der Waals surface area contributed by atoms with Crippen LogP contribution in [0.3, 0.4) is 0 Å². The Morgan fingerprint density at radius 1 is 1.14 bits per heavy atom. The van der Waals surface area contributed by atoms with Crippen molar-refractivity contribution in [2.45, 2.75) is 33.7 Å². The van der Waals surface area contributed by atoms with Gasteiger partial charge < -0.3 is 20.0 Å². The standard InChI is InChI=1S/C23H34N4S2/c1-18-15-19(2)22(20(3)16-18)24-23(28)27(17-21-7-5-14-29-21)9-6-8-26-12-10-25(4)11-13-26/h5,7,14-16H,6,8-13,17H2,1-4H3,(H,24,28). The first-order chi connectivity index (χ1) is 13.9. The Balaban J connectivity index is 1.62. The molecule has 0 bridgehead atoms. The first kappa shape index (κ1) is 22.2. The van der Waals surface area contributed by atoms with Crippen molar-refractivity contribution >= 4 is 34.4 Å². The number of thiocarbonyl (C=S) groups is 1. The van der Waals surface area contributed by atoms with Gasteiger partial charge in [0.05, 0.1) is 6.54 Å². The van der Waals surface area contributed by atoms with Crippen molar-refractivity contribution in [1.82, 2.24) is 14.7 Å². The molecule has 1 aromatic heterocycles. The van der Waals surface area contributed by atoms with E-state index < -0.39 is 0 Å². The third kappa shape index (κ3) is 6.51. The molecule has 1 aromatic carbocycles. The van der Waals surface area contributed by atoms with Crippen molar-refractivity contribution in [1.29, 1.82) is 0 Å². The molecule has 3 rings (SSSR count). The van der Waals surface area contributed by atoms with Crippen LogP contribution in [0.15, 0.2) is 29.6 Å². The lowest BCUT2D eigenvalue weighted by atomic mass is 10.1. The minimum absolute atomic E-state index is 0.826. The number of nitrogens with zero attached hydrogens (tertiary/aromatic N) is 3. The van der Waals surface area contributed by atoms with E-state index in [4.69, 9.17) is 12.2 Å². The van der Waals surface area contributed by atoms with Crippen molar-refractivity contribution in [2.24, 2.45) is 0 Å². The Morgan fingerprint density at radius 3 is 2.45 bits per heavy atom. The minimum atomic E-state index is 0.826. The van der Waals surface area contributed by atoms with E-state index in [0.717, 1.165) is 36.9 Å². The van der Waals surface area contributed by atoms with Gasteiger partial charge in [0, 0.05) is 43.3 Å². The lowest BCUT2D eigenvalue weighted by molar-refractivity contribution is 0.150. The summed E-state index contributed by atoms with van der Waals surface area (Å²) < 4.78 is 0. The summed E-state index contributed by atoms with van der Waals surface area (Å²) in [6.07, 6.45) is 1.13. The summed E-state index contributed by atoms with van der Waals surface area (Å²) in [5.41, 5.74) is 4.94. The fraction of sp³-hybridized carbons (Fsp3) is 0.522. The number of likely N-dealkylation sites (N-methyl/N-ethyl adjacent to an activating group) is 1. The molecule has 4 nitrogen and oxygen atoms in total. The molecule has 0 radical (unpaired) electrons. The first-order valence-electron chi connectivity index (χ1n) is 10.5. The first-order valence-corrected chi connectivity index (χ1v) is 11.8. The van der Waals surface area contributed by atoms with Crippen LogP contribution in [0.1, 0.15) is 28.0 Å². The Bertz CT molecular complexity index is 772. The van der Waals surface area contributed by atoms with Gasteiger partial charge in [0.1, 0.15) is 0 Å². The summed E-state index contributed by atoms with van der Waals surface area (Å²) in [6.45, 7) is 14.1. The van der Waals surface area contributed by atoms with Gasteiger partial charge in [0.15, 0.2) is 5.11 Å². The number of rotatable bonds is 7. The predicted molar refractivity (Wildman–Crippen MR) is 130 cm³/mol. The molecule has 0 unspecified atom stereocenters. The molecule has 0 amide bonds. The van der Waals surface area contributed by atoms with Crippen LogP contribution in [-0.4, -0.2) is 66.1 Å². The van der Waals surface area contributed by atoms with E-state index >= 15 is 0 Å². The monoisotopic (exact) mass is 430 g/mol. The molecule has 1 saturated heterocycles. The summed E-state index contributed by atoms with van der Waals surface area (Å²) >= 11 is 7.67. The van der Waals surface area contributed by atoms with Gasteiger partial charge in [-0.3, -0.25) is 0 Å². The highest BCUT2D eigenvalue weighted by molar-refractivity contribution is 7.80. The van der Waals surface area contributed by atoms with Crippen LogP contribution < -0.4 is 5.32 Å². The number of benzene rings is 1. The van der Waals surface area contributed by atoms with E-state index in [1.54, 1.807) is 11.3 Å². The molecule has 29 heavy (non-hydrogen) atoms. The number of thiophene rings is 1. The molecule has 158 valence electrons. The highest BCUT2D eigenvalue weighted by Crippen LogP contribution is 2.23. The Labute approximate surface area is 185 Å². The third-order valence-electron chi connectivity index (χ3n) is 5.62. The average Bonchev–Trinajstić information content (AvgIpc) is 3.18. The van der Waals surface area contributed by atoms with Crippen molar-refractivity contribution in [2.75, 3.05) is 51.6 Å². The van der Waals surface area contributed by atoms with E-state index in [1.165, 1.54) is 47.7 Å². The van der Waals surface area contributed by atoms with E-state index in [0.29, 0.717) is 0 Å². The molecule has 2 heterocycles. The fourth-order valence-corrected chi connectivity index (χ4v) is 4.94. The second-order valence-electron chi connectivity index (χ2n) is 8.20. The number of piperazine rings is 1. The molecule has 6 heteroatoms. The lowest BCUT2D eigenvalue weighted by Gasteiger charge is -2.33.